The van der Waals surface area contributed by atoms with Gasteiger partial charge in [-0.25, -0.2) is 4.79 Å². The van der Waals surface area contributed by atoms with Gasteiger partial charge in [0.05, 0.1) is 19.8 Å². The van der Waals surface area contributed by atoms with E-state index in [2.05, 4.69) is 4.90 Å². The van der Waals surface area contributed by atoms with Crippen molar-refractivity contribution in [2.24, 2.45) is 0 Å². The van der Waals surface area contributed by atoms with Gasteiger partial charge in [0, 0.05) is 49.7 Å². The maximum absolute atomic E-state index is 12.5. The summed E-state index contributed by atoms with van der Waals surface area (Å²) in [7, 11) is 0. The molecule has 2 aliphatic heterocycles. The molecule has 2 aliphatic rings. The topological polar surface area (TPSA) is 49.2 Å². The van der Waals surface area contributed by atoms with Crippen LogP contribution in [-0.2, 0) is 11.3 Å². The van der Waals surface area contributed by atoms with Gasteiger partial charge < -0.3 is 19.0 Å². The third-order valence-electron chi connectivity index (χ3n) is 4.83. The van der Waals surface area contributed by atoms with Crippen LogP contribution in [0, 0.1) is 0 Å². The summed E-state index contributed by atoms with van der Waals surface area (Å²) < 4.78 is 11.2. The number of fused-ring (bicyclic) bond motifs is 1. The molecule has 2 saturated heterocycles. The second-order valence-corrected chi connectivity index (χ2v) is 6.98. The summed E-state index contributed by atoms with van der Waals surface area (Å²) in [6.45, 7) is 6.64. The van der Waals surface area contributed by atoms with Gasteiger partial charge in [0.1, 0.15) is 11.3 Å². The molecule has 2 amide bonds. The predicted octanol–water partition coefficient (Wildman–Crippen LogP) is 2.66. The zero-order valence-electron chi connectivity index (χ0n) is 14.1. The minimum atomic E-state index is 0.140. The summed E-state index contributed by atoms with van der Waals surface area (Å²) in [6.07, 6.45) is 0. The van der Waals surface area contributed by atoms with Gasteiger partial charge in [0.2, 0.25) is 0 Å². The van der Waals surface area contributed by atoms with Gasteiger partial charge in [0.25, 0.3) is 0 Å². The molecule has 0 atom stereocenters. The summed E-state index contributed by atoms with van der Waals surface area (Å²) in [4.78, 5) is 18.7. The molecule has 2 aromatic rings. The summed E-state index contributed by atoms with van der Waals surface area (Å²) >= 11 is 6.03. The number of halogens is 1. The Kier molecular flexibility index (Phi) is 4.83. The molecule has 25 heavy (non-hydrogen) atoms. The Morgan fingerprint density at radius 3 is 2.48 bits per heavy atom. The van der Waals surface area contributed by atoms with Crippen molar-refractivity contribution >= 4 is 28.6 Å². The van der Waals surface area contributed by atoms with E-state index in [-0.39, 0.29) is 6.03 Å². The largest absolute Gasteiger partial charge is 0.460 e. The number of benzene rings is 1. The number of urea groups is 1. The molecule has 6 nitrogen and oxygen atoms in total. The first kappa shape index (κ1) is 16.7. The normalized spacial score (nSPS) is 19.6. The molecule has 0 bridgehead atoms. The third-order valence-corrected chi connectivity index (χ3v) is 5.07. The highest BCUT2D eigenvalue weighted by Crippen LogP contribution is 2.24. The lowest BCUT2D eigenvalue weighted by Crippen LogP contribution is -2.54. The average molecular weight is 364 g/mol. The molecule has 2 fully saturated rings. The molecule has 0 unspecified atom stereocenters. The Morgan fingerprint density at radius 2 is 1.72 bits per heavy atom. The van der Waals surface area contributed by atoms with Gasteiger partial charge in [-0.2, -0.15) is 0 Å². The van der Waals surface area contributed by atoms with Crippen molar-refractivity contribution in [1.82, 2.24) is 14.7 Å². The van der Waals surface area contributed by atoms with Crippen LogP contribution in [0.15, 0.2) is 28.7 Å². The van der Waals surface area contributed by atoms with Crippen LogP contribution in [0.5, 0.6) is 0 Å². The van der Waals surface area contributed by atoms with Gasteiger partial charge in [-0.05, 0) is 24.3 Å². The smallest absolute Gasteiger partial charge is 0.320 e. The third kappa shape index (κ3) is 3.76. The van der Waals surface area contributed by atoms with E-state index < -0.39 is 0 Å². The number of amides is 2. The fourth-order valence-corrected chi connectivity index (χ4v) is 3.60. The van der Waals surface area contributed by atoms with Crippen LogP contribution in [0.4, 0.5) is 4.79 Å². The molecule has 134 valence electrons. The maximum Gasteiger partial charge on any atom is 0.320 e. The molecule has 0 aliphatic carbocycles. The number of morpholine rings is 1. The number of carbonyl (C=O) groups is 1. The number of carbonyl (C=O) groups excluding carboxylic acids is 1. The van der Waals surface area contributed by atoms with E-state index in [0.717, 1.165) is 54.5 Å². The molecular formula is C18H22ClN3O3. The second kappa shape index (κ2) is 7.23. The highest BCUT2D eigenvalue weighted by Gasteiger charge is 2.26. The maximum atomic E-state index is 12.5. The monoisotopic (exact) mass is 363 g/mol. The molecule has 0 N–H and O–H groups in total. The van der Waals surface area contributed by atoms with Crippen molar-refractivity contribution in [1.29, 1.82) is 0 Å². The van der Waals surface area contributed by atoms with Crippen LogP contribution in [0.2, 0.25) is 5.02 Å². The average Bonchev–Trinajstić information content (AvgIpc) is 3.04. The Morgan fingerprint density at radius 1 is 1.00 bits per heavy atom. The summed E-state index contributed by atoms with van der Waals surface area (Å²) in [5.74, 6) is 0.935. The lowest BCUT2D eigenvalue weighted by Gasteiger charge is -2.38. The second-order valence-electron chi connectivity index (χ2n) is 6.54. The lowest BCUT2D eigenvalue weighted by molar-refractivity contribution is 0.0370. The van der Waals surface area contributed by atoms with E-state index >= 15 is 0 Å². The number of furan rings is 1. The van der Waals surface area contributed by atoms with Crippen LogP contribution in [-0.4, -0.2) is 73.2 Å². The minimum absolute atomic E-state index is 0.140. The first-order valence-corrected chi connectivity index (χ1v) is 9.09. The van der Waals surface area contributed by atoms with Crippen LogP contribution in [0.3, 0.4) is 0 Å². The molecule has 1 aromatic heterocycles. The van der Waals surface area contributed by atoms with Crippen LogP contribution in [0.1, 0.15) is 5.76 Å². The van der Waals surface area contributed by atoms with Gasteiger partial charge in [0.15, 0.2) is 0 Å². The van der Waals surface area contributed by atoms with Crippen molar-refractivity contribution in [3.8, 4) is 0 Å². The van der Waals surface area contributed by atoms with E-state index in [4.69, 9.17) is 20.8 Å². The molecule has 0 radical (unpaired) electrons. The van der Waals surface area contributed by atoms with E-state index in [0.29, 0.717) is 26.3 Å². The number of ether oxygens (including phenoxy) is 1. The molecule has 4 rings (SSSR count). The van der Waals surface area contributed by atoms with Crippen molar-refractivity contribution in [3.05, 3.63) is 35.0 Å². The van der Waals surface area contributed by atoms with E-state index in [1.165, 1.54) is 0 Å². The summed E-state index contributed by atoms with van der Waals surface area (Å²) in [5.41, 5.74) is 0.862. The standard InChI is InChI=1S/C18H22ClN3O3/c19-15-1-2-17-14(11-15)12-16(25-17)13-20-3-5-21(6-4-20)18(23)22-7-9-24-10-8-22/h1-2,11-12H,3-10,13H2. The molecule has 7 heteroatoms. The zero-order chi connectivity index (χ0) is 17.2. The Labute approximate surface area is 151 Å². The molecule has 0 spiro atoms. The zero-order valence-corrected chi connectivity index (χ0v) is 14.9. The number of hydrogen-bond acceptors (Lipinski definition) is 4. The van der Waals surface area contributed by atoms with Crippen LogP contribution < -0.4 is 0 Å². The van der Waals surface area contributed by atoms with Crippen LogP contribution >= 0.6 is 11.6 Å². The number of hydrogen-bond donors (Lipinski definition) is 0. The molecule has 1 aromatic carbocycles. The van der Waals surface area contributed by atoms with E-state index in [1.54, 1.807) is 0 Å². The van der Waals surface area contributed by atoms with Gasteiger partial charge in [-0.15, -0.1) is 0 Å². The lowest BCUT2D eigenvalue weighted by atomic mass is 10.2. The van der Waals surface area contributed by atoms with Gasteiger partial charge in [-0.1, -0.05) is 11.6 Å². The molecule has 3 heterocycles. The molecular weight excluding hydrogens is 342 g/mol. The Hall–Kier alpha value is -1.76. The van der Waals surface area contributed by atoms with Crippen molar-refractivity contribution < 1.29 is 13.9 Å². The molecule has 0 saturated carbocycles. The van der Waals surface area contributed by atoms with E-state index in [1.807, 2.05) is 34.1 Å². The number of nitrogens with zero attached hydrogens (tertiary/aromatic N) is 3. The van der Waals surface area contributed by atoms with Crippen molar-refractivity contribution in [2.75, 3.05) is 52.5 Å². The first-order chi connectivity index (χ1) is 12.2. The summed E-state index contributed by atoms with van der Waals surface area (Å²) in [6, 6.07) is 7.85. The van der Waals surface area contributed by atoms with Gasteiger partial charge >= 0.3 is 6.03 Å². The van der Waals surface area contributed by atoms with Crippen molar-refractivity contribution in [2.45, 2.75) is 6.54 Å². The number of piperazine rings is 1. The fraction of sp³-hybridized carbons (Fsp3) is 0.500. The predicted molar refractivity (Wildman–Crippen MR) is 95.9 cm³/mol. The Balaban J connectivity index is 1.32. The number of rotatable bonds is 2. The minimum Gasteiger partial charge on any atom is -0.460 e. The highest BCUT2D eigenvalue weighted by atomic mass is 35.5. The van der Waals surface area contributed by atoms with E-state index in [9.17, 15) is 4.79 Å². The summed E-state index contributed by atoms with van der Waals surface area (Å²) in [5, 5.41) is 1.75. The quantitative estimate of drug-likeness (QED) is 0.823. The van der Waals surface area contributed by atoms with Crippen molar-refractivity contribution in [3.63, 3.8) is 0 Å². The highest BCUT2D eigenvalue weighted by molar-refractivity contribution is 6.31. The fourth-order valence-electron chi connectivity index (χ4n) is 3.42. The SMILES string of the molecule is O=C(N1CCOCC1)N1CCN(Cc2cc3cc(Cl)ccc3o2)CC1. The Bertz CT molecular complexity index is 749. The van der Waals surface area contributed by atoms with Gasteiger partial charge in [-0.3, -0.25) is 4.90 Å². The van der Waals surface area contributed by atoms with Crippen LogP contribution in [0.25, 0.3) is 11.0 Å². The first-order valence-electron chi connectivity index (χ1n) is 8.71.